The van der Waals surface area contributed by atoms with Gasteiger partial charge in [0.1, 0.15) is 159 Å². The fourth-order valence-corrected chi connectivity index (χ4v) is 14.6. The molecule has 29 N–H and O–H groups in total. The molecule has 0 aliphatic carbocycles. The average Bonchev–Trinajstić information content (AvgIpc) is 0.840. The number of amides is 7. The van der Waals surface area contributed by atoms with Gasteiger partial charge >= 0.3 is 5.97 Å². The number of unbranched alkanes of at least 4 members (excludes halogenated alkanes) is 4. The maximum Gasteiger partial charge on any atom is 0.326 e. The molecule has 0 unspecified atom stereocenters. The lowest BCUT2D eigenvalue weighted by Gasteiger charge is -2.40. The van der Waals surface area contributed by atoms with Gasteiger partial charge in [-0.3, -0.25) is 33.6 Å². The van der Waals surface area contributed by atoms with Crippen LogP contribution in [-0.2, 0) is 95.2 Å². The second-order valence-electron chi connectivity index (χ2n) is 32.0. The smallest absolute Gasteiger partial charge is 0.326 e. The number of carboxylic acid groups (broad SMARTS) is 1. The summed E-state index contributed by atoms with van der Waals surface area (Å²) in [5.74, 6) is -5.76. The minimum absolute atomic E-state index is 0.00735. The number of hydrogen-bond acceptors (Lipinski definition) is 44. The summed E-state index contributed by atoms with van der Waals surface area (Å²) in [4.78, 5) is 112. The monoisotopic (exact) mass is 1880 g/mol. The van der Waals surface area contributed by atoms with Crippen molar-refractivity contribution in [3.05, 3.63) is 0 Å². The molecule has 6 heterocycles. The van der Waals surface area contributed by atoms with Gasteiger partial charge in [0.15, 0.2) is 37.7 Å². The first-order chi connectivity index (χ1) is 61.5. The number of hydrogen-bond donors (Lipinski definition) is 29. The van der Waals surface area contributed by atoms with Crippen molar-refractivity contribution in [3.63, 3.8) is 0 Å². The van der Waals surface area contributed by atoms with Gasteiger partial charge in [0.2, 0.25) is 41.4 Å². The summed E-state index contributed by atoms with van der Waals surface area (Å²) in [5.41, 5.74) is 0. The quantitative estimate of drug-likeness (QED) is 0.0251. The molecule has 0 bridgehead atoms. The van der Waals surface area contributed by atoms with Gasteiger partial charge in [0.05, 0.1) is 79.3 Å². The topological polar surface area (TPSA) is 811 Å². The number of aliphatic hydroxyl groups excluding tert-OH is 24. The number of rotatable bonds is 58. The third-order valence-corrected chi connectivity index (χ3v) is 22.6. The van der Waals surface area contributed by atoms with Crippen LogP contribution in [0.4, 0.5) is 0 Å². The maximum atomic E-state index is 14.2. The molecule has 129 heavy (non-hydrogen) atoms. The second kappa shape index (κ2) is 57.9. The Morgan fingerprint density at radius 1 is 0.264 bits per heavy atom. The Hall–Kier alpha value is -5.68. The molecule has 0 aromatic heterocycles. The highest BCUT2D eigenvalue weighted by Crippen LogP contribution is 2.29. The number of nitrogens with zero attached hydrogens (tertiary/aromatic N) is 3. The van der Waals surface area contributed by atoms with Crippen molar-refractivity contribution >= 4 is 47.3 Å². The Kier molecular flexibility index (Phi) is 50.3. The Balaban J connectivity index is 1.03. The number of aliphatic carboxylic acids is 1. The van der Waals surface area contributed by atoms with E-state index in [1.165, 1.54) is 14.7 Å². The SMILES string of the molecule is O=C(CCCCC(=O)N(CCO[C@H]1O[C@H](CO)[C@@H](O)[C@H](O)[C@@H]1O)CCO[C@H]1O[C@H](CO)[C@@H](O)[C@H](O)[C@@H]1O)NCCCC[C@H](NC(=O)[C@H](CCCNC(=O)CCCCC(=O)N(CCO[C@H]1O[C@H](CO)[C@@H](O)[C@H](O)[C@@H]1O)CCO[C@@H]1O[C@@H](CO)[C@H](O)[C@@H](O)[C@H]1O)NC(=O)CCCCC(=O)N(CCO[C@H]1O[C@H](CO)[C@@H](O)[C@H](O)[C@@H]1O)CCO[C@H]1O[C@H](CO)[C@@H](O)[C@H](O)[C@@H]1O)C(=O)O. The molecule has 6 fully saturated rings. The zero-order valence-corrected chi connectivity index (χ0v) is 71.3. The van der Waals surface area contributed by atoms with Crippen LogP contribution >= 0.6 is 0 Å². The summed E-state index contributed by atoms with van der Waals surface area (Å²) < 4.78 is 65.8. The summed E-state index contributed by atoms with van der Waals surface area (Å²) in [6.07, 6.45) is -49.5. The van der Waals surface area contributed by atoms with Crippen LogP contribution in [0.15, 0.2) is 0 Å². The molecule has 7 amide bonds. The van der Waals surface area contributed by atoms with Gasteiger partial charge in [0.25, 0.3) is 0 Å². The van der Waals surface area contributed by atoms with Gasteiger partial charge in [-0.15, -0.1) is 0 Å². The predicted molar refractivity (Wildman–Crippen MR) is 424 cm³/mol. The van der Waals surface area contributed by atoms with Crippen LogP contribution in [0, 0.1) is 0 Å². The second-order valence-corrected chi connectivity index (χ2v) is 32.0. The minimum atomic E-state index is -1.80. The van der Waals surface area contributed by atoms with E-state index < -0.39 is 296 Å². The van der Waals surface area contributed by atoms with Crippen molar-refractivity contribution < 1.29 is 223 Å². The van der Waals surface area contributed by atoms with E-state index in [0.29, 0.717) is 0 Å². The molecular formula is C77H135N7O45. The third-order valence-electron chi connectivity index (χ3n) is 22.6. The van der Waals surface area contributed by atoms with Crippen molar-refractivity contribution in [2.75, 3.05) is 132 Å². The molecule has 6 aliphatic rings. The van der Waals surface area contributed by atoms with Crippen LogP contribution < -0.4 is 21.3 Å². The highest BCUT2D eigenvalue weighted by atomic mass is 16.7. The highest BCUT2D eigenvalue weighted by Gasteiger charge is 2.50. The van der Waals surface area contributed by atoms with Crippen LogP contribution in [0.1, 0.15) is 109 Å². The first kappa shape index (κ1) is 112. The normalized spacial score (nSPS) is 33.6. The summed E-state index contributed by atoms with van der Waals surface area (Å²) in [6.45, 7) is -8.27. The number of carboxylic acids is 1. The first-order valence-corrected chi connectivity index (χ1v) is 43.2. The summed E-state index contributed by atoms with van der Waals surface area (Å²) in [7, 11) is 0. The molecule has 32 atom stereocenters. The van der Waals surface area contributed by atoms with Crippen molar-refractivity contribution in [1.29, 1.82) is 0 Å². The Morgan fingerprint density at radius 2 is 0.488 bits per heavy atom. The van der Waals surface area contributed by atoms with Gasteiger partial charge < -0.3 is 220 Å². The molecule has 6 saturated heterocycles. The molecule has 0 aromatic carbocycles. The Bertz CT molecular complexity index is 3150. The van der Waals surface area contributed by atoms with E-state index in [4.69, 9.17) is 56.8 Å². The predicted octanol–water partition coefficient (Wildman–Crippen LogP) is -15.7. The maximum absolute atomic E-state index is 14.2. The van der Waals surface area contributed by atoms with Crippen LogP contribution in [0.2, 0.25) is 0 Å². The van der Waals surface area contributed by atoms with E-state index >= 15 is 0 Å². The van der Waals surface area contributed by atoms with Crippen molar-refractivity contribution in [1.82, 2.24) is 36.0 Å². The highest BCUT2D eigenvalue weighted by molar-refractivity contribution is 5.90. The van der Waals surface area contributed by atoms with E-state index in [0.717, 1.165) is 0 Å². The molecule has 6 aliphatic heterocycles. The van der Waals surface area contributed by atoms with Crippen LogP contribution in [-0.4, -0.2) is 518 Å². The molecule has 0 radical (unpaired) electrons. The Morgan fingerprint density at radius 3 is 0.729 bits per heavy atom. The molecule has 748 valence electrons. The van der Waals surface area contributed by atoms with E-state index in [2.05, 4.69) is 21.3 Å². The van der Waals surface area contributed by atoms with Crippen molar-refractivity contribution in [2.24, 2.45) is 0 Å². The van der Waals surface area contributed by atoms with E-state index in [1.807, 2.05) is 0 Å². The largest absolute Gasteiger partial charge is 0.480 e. The lowest BCUT2D eigenvalue weighted by atomic mass is 9.99. The van der Waals surface area contributed by atoms with E-state index in [9.17, 15) is 166 Å². The molecule has 52 nitrogen and oxygen atoms in total. The van der Waals surface area contributed by atoms with Crippen LogP contribution in [0.3, 0.4) is 0 Å². The number of ether oxygens (including phenoxy) is 12. The van der Waals surface area contributed by atoms with Gasteiger partial charge in [-0.25, -0.2) is 4.79 Å². The molecule has 52 heteroatoms. The zero-order valence-electron chi connectivity index (χ0n) is 71.3. The number of nitrogens with one attached hydrogen (secondary N) is 4. The lowest BCUT2D eigenvalue weighted by molar-refractivity contribution is -0.303. The number of aliphatic hydroxyl groups is 24. The summed E-state index contributed by atoms with van der Waals surface area (Å²) in [5, 5.41) is 264. The summed E-state index contributed by atoms with van der Waals surface area (Å²) in [6, 6.07) is -3.01. The fraction of sp³-hybridized carbons (Fsp3) is 0.896. The molecule has 6 rings (SSSR count). The molecule has 0 spiro atoms. The number of carbonyl (C=O) groups excluding carboxylic acids is 7. The van der Waals surface area contributed by atoms with E-state index in [1.54, 1.807) is 0 Å². The summed E-state index contributed by atoms with van der Waals surface area (Å²) >= 11 is 0. The van der Waals surface area contributed by atoms with Gasteiger partial charge in [-0.1, -0.05) is 0 Å². The molecule has 0 saturated carbocycles. The fourth-order valence-electron chi connectivity index (χ4n) is 14.6. The number of carbonyl (C=O) groups is 8. The van der Waals surface area contributed by atoms with Gasteiger partial charge in [0, 0.05) is 90.9 Å². The minimum Gasteiger partial charge on any atom is -0.480 e. The molecule has 0 aromatic rings. The molecular weight excluding hydrogens is 1740 g/mol. The van der Waals surface area contributed by atoms with Gasteiger partial charge in [-0.2, -0.15) is 0 Å². The average molecular weight is 1880 g/mol. The third kappa shape index (κ3) is 34.6. The van der Waals surface area contributed by atoms with Gasteiger partial charge in [-0.05, 0) is 70.6 Å². The van der Waals surface area contributed by atoms with Crippen LogP contribution in [0.5, 0.6) is 0 Å². The lowest BCUT2D eigenvalue weighted by Crippen LogP contribution is -2.59. The van der Waals surface area contributed by atoms with Crippen molar-refractivity contribution in [3.8, 4) is 0 Å². The van der Waals surface area contributed by atoms with E-state index in [-0.39, 0.29) is 188 Å². The zero-order chi connectivity index (χ0) is 95.3. The standard InChI is InChI=1S/C77H135N7O45/c85-32-40-52(97)58(103)64(109)72(124-40)118-26-20-82(21-27-119-73-65(110)59(104)53(98)41(33-86)125-73)49(94)15-4-1-12-46(91)78-18-8-7-10-39(71(116)117)81-70(115)38(80-48(93)14-3-6-17-51(96)84(24-30-122-76-68(113)62(107)56(101)44(36-89)128-76)25-31-123-77-69(114)63(108)57(102)45(37-90)129-77)11-9-19-79-47(92)13-2-5-16-50(95)83(22-28-120-74-66(111)60(105)54(99)42(34-87)126-74)23-29-121-75-67(112)61(106)55(100)43(35-88)127-75/h38-45,52-69,72-77,85-90,97-114H,1-37H2,(H,78,91)(H,79,92)(H,80,93)(H,81,115)(H,116,117)/t38-,39-,40+,41+,42-,43+,44+,45+,52+,53+,54-,55+,56+,57+,58-,59-,60+,61-,62-,63-,64-,65-,66+,67-,68-,69-,72-,73-,74+,75-,76-,77-/m0/s1. The Labute approximate surface area is 740 Å². The van der Waals surface area contributed by atoms with Crippen LogP contribution in [0.25, 0.3) is 0 Å². The van der Waals surface area contributed by atoms with Crippen molar-refractivity contribution in [2.45, 2.75) is 305 Å². The first-order valence-electron chi connectivity index (χ1n) is 43.2.